The van der Waals surface area contributed by atoms with E-state index >= 15 is 0 Å². The van der Waals surface area contributed by atoms with E-state index in [0.717, 1.165) is 25.3 Å². The molecule has 0 spiro atoms. The first-order valence-electron chi connectivity index (χ1n) is 7.50. The lowest BCUT2D eigenvalue weighted by Crippen LogP contribution is -2.42. The molecule has 0 saturated heterocycles. The third-order valence-electron chi connectivity index (χ3n) is 4.49. The predicted molar refractivity (Wildman–Crippen MR) is 76.7 cm³/mol. The first kappa shape index (κ1) is 12.9. The molecule has 0 amide bonds. The highest BCUT2D eigenvalue weighted by Crippen LogP contribution is 2.35. The van der Waals surface area contributed by atoms with E-state index in [1.54, 1.807) is 12.1 Å². The van der Waals surface area contributed by atoms with Crippen molar-refractivity contribution >= 4 is 5.69 Å². The fourth-order valence-electron chi connectivity index (χ4n) is 3.09. The zero-order valence-corrected chi connectivity index (χ0v) is 11.4. The molecule has 0 heterocycles. The lowest BCUT2D eigenvalue weighted by Gasteiger charge is -2.38. The zero-order chi connectivity index (χ0) is 13.2. The monoisotopic (exact) mass is 262 g/mol. The van der Waals surface area contributed by atoms with Crippen molar-refractivity contribution in [3.05, 3.63) is 30.1 Å². The maximum absolute atomic E-state index is 13.1. The molecular formula is C16H23FN2. The molecule has 0 atom stereocenters. The van der Waals surface area contributed by atoms with Gasteiger partial charge in [-0.05, 0) is 68.7 Å². The van der Waals surface area contributed by atoms with Crippen LogP contribution in [0, 0.1) is 11.7 Å². The topological polar surface area (TPSA) is 29.3 Å². The summed E-state index contributed by atoms with van der Waals surface area (Å²) in [5, 5.41) is 0. The summed E-state index contributed by atoms with van der Waals surface area (Å²) in [6.07, 6.45) is 7.28. The highest BCUT2D eigenvalue weighted by atomic mass is 19.1. The van der Waals surface area contributed by atoms with Gasteiger partial charge in [-0.2, -0.15) is 0 Å². The van der Waals surface area contributed by atoms with Crippen LogP contribution in [0.2, 0.25) is 0 Å². The van der Waals surface area contributed by atoms with Gasteiger partial charge in [-0.15, -0.1) is 0 Å². The smallest absolute Gasteiger partial charge is 0.123 e. The molecule has 0 unspecified atom stereocenters. The Morgan fingerprint density at radius 2 is 1.63 bits per heavy atom. The lowest BCUT2D eigenvalue weighted by atomic mass is 9.90. The molecule has 19 heavy (non-hydrogen) atoms. The van der Waals surface area contributed by atoms with Crippen molar-refractivity contribution in [1.29, 1.82) is 0 Å². The Kier molecular flexibility index (Phi) is 3.74. The van der Waals surface area contributed by atoms with Gasteiger partial charge in [-0.3, -0.25) is 0 Å². The van der Waals surface area contributed by atoms with Crippen molar-refractivity contribution in [2.75, 3.05) is 11.4 Å². The summed E-state index contributed by atoms with van der Waals surface area (Å²) >= 11 is 0. The minimum Gasteiger partial charge on any atom is -0.368 e. The molecular weight excluding hydrogens is 239 g/mol. The van der Waals surface area contributed by atoms with Gasteiger partial charge in [0, 0.05) is 24.3 Å². The van der Waals surface area contributed by atoms with Gasteiger partial charge in [-0.1, -0.05) is 0 Å². The van der Waals surface area contributed by atoms with Gasteiger partial charge < -0.3 is 10.6 Å². The SMILES string of the molecule is NC1CCC(N(CC2CC2)c2ccc(F)cc2)CC1. The second-order valence-corrected chi connectivity index (χ2v) is 6.14. The van der Waals surface area contributed by atoms with Gasteiger partial charge in [0.1, 0.15) is 5.82 Å². The van der Waals surface area contributed by atoms with Crippen LogP contribution >= 0.6 is 0 Å². The molecule has 1 aromatic carbocycles. The number of rotatable bonds is 4. The standard InChI is InChI=1S/C16H23FN2/c17-13-3-7-15(8-4-13)19(11-12-1-2-12)16-9-5-14(18)6-10-16/h3-4,7-8,12,14,16H,1-2,5-6,9-11,18H2. The number of anilines is 1. The van der Waals surface area contributed by atoms with E-state index in [9.17, 15) is 4.39 Å². The van der Waals surface area contributed by atoms with Crippen molar-refractivity contribution in [2.24, 2.45) is 11.7 Å². The zero-order valence-electron chi connectivity index (χ0n) is 11.4. The van der Waals surface area contributed by atoms with Crippen LogP contribution < -0.4 is 10.6 Å². The van der Waals surface area contributed by atoms with Gasteiger partial charge in [0.25, 0.3) is 0 Å². The van der Waals surface area contributed by atoms with Gasteiger partial charge in [0.2, 0.25) is 0 Å². The molecule has 0 bridgehead atoms. The maximum atomic E-state index is 13.1. The summed E-state index contributed by atoms with van der Waals surface area (Å²) in [6.45, 7) is 1.13. The van der Waals surface area contributed by atoms with Crippen LogP contribution in [0.1, 0.15) is 38.5 Å². The fourth-order valence-corrected chi connectivity index (χ4v) is 3.09. The number of hydrogen-bond acceptors (Lipinski definition) is 2. The van der Waals surface area contributed by atoms with E-state index in [0.29, 0.717) is 12.1 Å². The van der Waals surface area contributed by atoms with E-state index in [4.69, 9.17) is 5.73 Å². The van der Waals surface area contributed by atoms with E-state index in [1.165, 1.54) is 31.4 Å². The molecule has 1 aromatic rings. The van der Waals surface area contributed by atoms with Crippen LogP contribution in [0.15, 0.2) is 24.3 Å². The van der Waals surface area contributed by atoms with Gasteiger partial charge >= 0.3 is 0 Å². The molecule has 2 aliphatic carbocycles. The van der Waals surface area contributed by atoms with Gasteiger partial charge in [0.15, 0.2) is 0 Å². The van der Waals surface area contributed by atoms with E-state index < -0.39 is 0 Å². The minimum absolute atomic E-state index is 0.152. The van der Waals surface area contributed by atoms with Crippen molar-refractivity contribution < 1.29 is 4.39 Å². The van der Waals surface area contributed by atoms with Crippen molar-refractivity contribution in [2.45, 2.75) is 50.6 Å². The second-order valence-electron chi connectivity index (χ2n) is 6.14. The number of nitrogens with two attached hydrogens (primary N) is 1. The third-order valence-corrected chi connectivity index (χ3v) is 4.49. The largest absolute Gasteiger partial charge is 0.368 e. The molecule has 2 nitrogen and oxygen atoms in total. The summed E-state index contributed by atoms with van der Waals surface area (Å²) in [7, 11) is 0. The Morgan fingerprint density at radius 1 is 1.00 bits per heavy atom. The molecule has 2 fully saturated rings. The molecule has 2 saturated carbocycles. The summed E-state index contributed by atoms with van der Waals surface area (Å²) in [4.78, 5) is 2.50. The Balaban J connectivity index is 1.74. The van der Waals surface area contributed by atoms with Crippen molar-refractivity contribution in [3.8, 4) is 0 Å². The number of benzene rings is 1. The van der Waals surface area contributed by atoms with Crippen LogP contribution in [-0.4, -0.2) is 18.6 Å². The Morgan fingerprint density at radius 3 is 2.21 bits per heavy atom. The molecule has 104 valence electrons. The second kappa shape index (κ2) is 5.49. The molecule has 3 rings (SSSR count). The summed E-state index contributed by atoms with van der Waals surface area (Å²) in [5.74, 6) is 0.696. The van der Waals surface area contributed by atoms with Crippen molar-refractivity contribution in [3.63, 3.8) is 0 Å². The number of hydrogen-bond donors (Lipinski definition) is 1. The molecule has 2 N–H and O–H groups in total. The molecule has 0 aromatic heterocycles. The van der Waals surface area contributed by atoms with E-state index in [2.05, 4.69) is 4.90 Å². The first-order valence-corrected chi connectivity index (χ1v) is 7.50. The maximum Gasteiger partial charge on any atom is 0.123 e. The minimum atomic E-state index is -0.152. The molecule has 0 aliphatic heterocycles. The summed E-state index contributed by atoms with van der Waals surface area (Å²) < 4.78 is 13.1. The summed E-state index contributed by atoms with van der Waals surface area (Å²) in [5.41, 5.74) is 7.18. The van der Waals surface area contributed by atoms with E-state index in [1.807, 2.05) is 12.1 Å². The average molecular weight is 262 g/mol. The molecule has 2 aliphatic rings. The van der Waals surface area contributed by atoms with Gasteiger partial charge in [0.05, 0.1) is 0 Å². The number of halogens is 1. The normalized spacial score (nSPS) is 27.3. The Bertz CT molecular complexity index is 405. The summed E-state index contributed by atoms with van der Waals surface area (Å²) in [6, 6.07) is 7.96. The Hall–Kier alpha value is -1.09. The van der Waals surface area contributed by atoms with E-state index in [-0.39, 0.29) is 5.82 Å². The number of nitrogens with zero attached hydrogens (tertiary/aromatic N) is 1. The predicted octanol–water partition coefficient (Wildman–Crippen LogP) is 3.31. The molecule has 0 radical (unpaired) electrons. The van der Waals surface area contributed by atoms with Crippen LogP contribution in [-0.2, 0) is 0 Å². The lowest BCUT2D eigenvalue weighted by molar-refractivity contribution is 0.373. The first-order chi connectivity index (χ1) is 9.22. The highest BCUT2D eigenvalue weighted by molar-refractivity contribution is 5.47. The fraction of sp³-hybridized carbons (Fsp3) is 0.625. The van der Waals surface area contributed by atoms with Gasteiger partial charge in [-0.25, -0.2) is 4.39 Å². The quantitative estimate of drug-likeness (QED) is 0.902. The third kappa shape index (κ3) is 3.27. The van der Waals surface area contributed by atoms with Crippen molar-refractivity contribution in [1.82, 2.24) is 0 Å². The van der Waals surface area contributed by atoms with Crippen LogP contribution in [0.3, 0.4) is 0 Å². The molecule has 3 heteroatoms. The highest BCUT2D eigenvalue weighted by Gasteiger charge is 2.30. The van der Waals surface area contributed by atoms with Crippen LogP contribution in [0.5, 0.6) is 0 Å². The van der Waals surface area contributed by atoms with Crippen LogP contribution in [0.4, 0.5) is 10.1 Å². The van der Waals surface area contributed by atoms with Crippen LogP contribution in [0.25, 0.3) is 0 Å². The Labute approximate surface area is 114 Å². The average Bonchev–Trinajstić information content (AvgIpc) is 3.22.